The first-order valence-electron chi connectivity index (χ1n) is 8.34. The molecule has 0 aromatic heterocycles. The summed E-state index contributed by atoms with van der Waals surface area (Å²) in [6.07, 6.45) is 7.04. The second kappa shape index (κ2) is 4.69. The quantitative estimate of drug-likeness (QED) is 0.836. The third kappa shape index (κ3) is 1.97. The fraction of sp³-hybridized carbons (Fsp3) is 1.00. The van der Waals surface area contributed by atoms with E-state index >= 15 is 0 Å². The Morgan fingerprint density at radius 1 is 1.20 bits per heavy atom. The van der Waals surface area contributed by atoms with Gasteiger partial charge >= 0.3 is 0 Å². The van der Waals surface area contributed by atoms with E-state index in [0.717, 1.165) is 31.6 Å². The minimum atomic E-state index is -0.118. The number of ether oxygens (including phenoxy) is 1. The lowest BCUT2D eigenvalue weighted by Gasteiger charge is -2.58. The summed E-state index contributed by atoms with van der Waals surface area (Å²) < 4.78 is 6.21. The maximum absolute atomic E-state index is 10.4. The molecule has 5 atom stereocenters. The Bertz CT molecular complexity index is 383. The molecule has 20 heavy (non-hydrogen) atoms. The Kier molecular flexibility index (Phi) is 3.47. The fourth-order valence-electron chi connectivity index (χ4n) is 5.95. The van der Waals surface area contributed by atoms with E-state index in [1.165, 1.54) is 12.8 Å². The van der Waals surface area contributed by atoms with Crippen molar-refractivity contribution in [1.29, 1.82) is 0 Å². The van der Waals surface area contributed by atoms with Gasteiger partial charge in [-0.05, 0) is 55.3 Å². The van der Waals surface area contributed by atoms with Crippen molar-refractivity contribution in [2.45, 2.75) is 71.5 Å². The van der Waals surface area contributed by atoms with E-state index in [1.807, 2.05) is 0 Å². The Hall–Kier alpha value is -0.120. The number of aliphatic hydroxyl groups excluding tert-OH is 1. The van der Waals surface area contributed by atoms with Crippen LogP contribution in [0.3, 0.4) is 0 Å². The topological polar surface area (TPSA) is 55.5 Å². The van der Waals surface area contributed by atoms with E-state index in [4.69, 9.17) is 10.5 Å². The van der Waals surface area contributed by atoms with Crippen LogP contribution in [0.2, 0.25) is 0 Å². The Morgan fingerprint density at radius 2 is 1.95 bits per heavy atom. The molecular weight excluding hydrogens is 250 g/mol. The van der Waals surface area contributed by atoms with Crippen LogP contribution < -0.4 is 5.73 Å². The predicted molar refractivity (Wildman–Crippen MR) is 80.3 cm³/mol. The molecule has 0 aromatic carbocycles. The number of fused-ring (bicyclic) bond motifs is 1. The second-order valence-electron chi connectivity index (χ2n) is 8.55. The summed E-state index contributed by atoms with van der Waals surface area (Å²) in [5.74, 6) is 0.748. The van der Waals surface area contributed by atoms with Gasteiger partial charge in [-0.2, -0.15) is 0 Å². The standard InChI is InChI=1S/C17H31NO2/c1-15(2)10-14(20-9-8-18)17-7-5-13(19)16(3,11-17)6-4-12(15)17/h12-14,19H,4-11,18H2,1-3H3/t12-,13+,14-,16-,17-/m0/s1. The summed E-state index contributed by atoms with van der Waals surface area (Å²) in [4.78, 5) is 0. The van der Waals surface area contributed by atoms with Crippen LogP contribution in [-0.2, 0) is 4.74 Å². The molecule has 3 rings (SSSR count). The number of aliphatic hydroxyl groups is 1. The van der Waals surface area contributed by atoms with Crippen molar-refractivity contribution in [2.75, 3.05) is 13.2 Å². The predicted octanol–water partition coefficient (Wildman–Crippen LogP) is 2.71. The smallest absolute Gasteiger partial charge is 0.0640 e. The van der Waals surface area contributed by atoms with Crippen molar-refractivity contribution in [3.05, 3.63) is 0 Å². The van der Waals surface area contributed by atoms with Crippen molar-refractivity contribution in [3.8, 4) is 0 Å². The van der Waals surface area contributed by atoms with Gasteiger partial charge in [-0.3, -0.25) is 0 Å². The molecule has 0 aromatic rings. The molecule has 2 bridgehead atoms. The summed E-state index contributed by atoms with van der Waals surface area (Å²) in [5, 5.41) is 10.4. The zero-order valence-corrected chi connectivity index (χ0v) is 13.3. The van der Waals surface area contributed by atoms with Crippen LogP contribution in [-0.4, -0.2) is 30.5 Å². The van der Waals surface area contributed by atoms with Gasteiger partial charge in [0.1, 0.15) is 0 Å². The molecule has 0 unspecified atom stereocenters. The van der Waals surface area contributed by atoms with Gasteiger partial charge in [-0.1, -0.05) is 20.8 Å². The summed E-state index contributed by atoms with van der Waals surface area (Å²) in [5.41, 5.74) is 6.42. The highest BCUT2D eigenvalue weighted by Crippen LogP contribution is 2.69. The highest BCUT2D eigenvalue weighted by molar-refractivity contribution is 5.14. The molecule has 3 aliphatic rings. The van der Waals surface area contributed by atoms with Gasteiger partial charge in [0, 0.05) is 12.0 Å². The van der Waals surface area contributed by atoms with Gasteiger partial charge < -0.3 is 15.6 Å². The zero-order valence-electron chi connectivity index (χ0n) is 13.3. The van der Waals surface area contributed by atoms with Crippen molar-refractivity contribution >= 4 is 0 Å². The normalized spacial score (nSPS) is 50.0. The molecular formula is C17H31NO2. The molecule has 0 aliphatic heterocycles. The SMILES string of the molecule is CC1(C)C[C@H](OCCN)[C@]23CC[C@@H](O)[C@@](C)(CC[C@@H]12)C3. The van der Waals surface area contributed by atoms with Crippen molar-refractivity contribution in [1.82, 2.24) is 0 Å². The minimum Gasteiger partial charge on any atom is -0.393 e. The summed E-state index contributed by atoms with van der Waals surface area (Å²) in [6.45, 7) is 8.41. The van der Waals surface area contributed by atoms with E-state index in [-0.39, 0.29) is 11.5 Å². The first-order chi connectivity index (χ1) is 9.34. The van der Waals surface area contributed by atoms with Crippen LogP contribution in [0.15, 0.2) is 0 Å². The first kappa shape index (κ1) is 14.8. The average molecular weight is 281 g/mol. The number of hydrogen-bond acceptors (Lipinski definition) is 3. The third-order valence-corrected chi connectivity index (χ3v) is 6.85. The molecule has 0 radical (unpaired) electrons. The molecule has 3 aliphatic carbocycles. The number of nitrogens with two attached hydrogens (primary N) is 1. The average Bonchev–Trinajstić information content (AvgIpc) is 2.59. The maximum Gasteiger partial charge on any atom is 0.0640 e. The monoisotopic (exact) mass is 281 g/mol. The van der Waals surface area contributed by atoms with Crippen LogP contribution in [0.1, 0.15) is 59.3 Å². The van der Waals surface area contributed by atoms with E-state index in [9.17, 15) is 5.11 Å². The van der Waals surface area contributed by atoms with Crippen molar-refractivity contribution < 1.29 is 9.84 Å². The fourth-order valence-corrected chi connectivity index (χ4v) is 5.95. The van der Waals surface area contributed by atoms with Crippen LogP contribution in [0.5, 0.6) is 0 Å². The molecule has 1 spiro atoms. The van der Waals surface area contributed by atoms with E-state index < -0.39 is 0 Å². The highest BCUT2D eigenvalue weighted by atomic mass is 16.5. The summed E-state index contributed by atoms with van der Waals surface area (Å²) >= 11 is 0. The van der Waals surface area contributed by atoms with E-state index in [2.05, 4.69) is 20.8 Å². The molecule has 3 saturated carbocycles. The lowest BCUT2D eigenvalue weighted by atomic mass is 9.49. The maximum atomic E-state index is 10.4. The minimum absolute atomic E-state index is 0.111. The van der Waals surface area contributed by atoms with Crippen molar-refractivity contribution in [2.24, 2.45) is 27.9 Å². The lowest BCUT2D eigenvalue weighted by Crippen LogP contribution is -2.54. The van der Waals surface area contributed by atoms with E-state index in [1.54, 1.807) is 0 Å². The molecule has 3 heteroatoms. The van der Waals surface area contributed by atoms with Crippen molar-refractivity contribution in [3.63, 3.8) is 0 Å². The molecule has 3 fully saturated rings. The van der Waals surface area contributed by atoms with Gasteiger partial charge in [-0.15, -0.1) is 0 Å². The molecule has 0 saturated heterocycles. The van der Waals surface area contributed by atoms with E-state index in [0.29, 0.717) is 30.1 Å². The first-order valence-corrected chi connectivity index (χ1v) is 8.34. The lowest BCUT2D eigenvalue weighted by molar-refractivity contribution is -0.155. The molecule has 3 nitrogen and oxygen atoms in total. The van der Waals surface area contributed by atoms with Crippen LogP contribution in [0, 0.1) is 22.2 Å². The van der Waals surface area contributed by atoms with Gasteiger partial charge in [-0.25, -0.2) is 0 Å². The Morgan fingerprint density at radius 3 is 2.65 bits per heavy atom. The van der Waals surface area contributed by atoms with Crippen LogP contribution in [0.25, 0.3) is 0 Å². The van der Waals surface area contributed by atoms with Crippen LogP contribution in [0.4, 0.5) is 0 Å². The Labute approximate surface area is 123 Å². The van der Waals surface area contributed by atoms with Gasteiger partial charge in [0.25, 0.3) is 0 Å². The molecule has 0 heterocycles. The van der Waals surface area contributed by atoms with Crippen LogP contribution >= 0.6 is 0 Å². The van der Waals surface area contributed by atoms with Gasteiger partial charge in [0.05, 0.1) is 18.8 Å². The number of rotatable bonds is 3. The van der Waals surface area contributed by atoms with Gasteiger partial charge in [0.15, 0.2) is 0 Å². The second-order valence-corrected chi connectivity index (χ2v) is 8.55. The third-order valence-electron chi connectivity index (χ3n) is 6.85. The zero-order chi connectivity index (χ0) is 14.6. The molecule has 0 amide bonds. The summed E-state index contributed by atoms with van der Waals surface area (Å²) in [6, 6.07) is 0. The highest BCUT2D eigenvalue weighted by Gasteiger charge is 2.65. The van der Waals surface area contributed by atoms with Gasteiger partial charge in [0.2, 0.25) is 0 Å². The number of hydrogen-bond donors (Lipinski definition) is 2. The summed E-state index contributed by atoms with van der Waals surface area (Å²) in [7, 11) is 0. The largest absolute Gasteiger partial charge is 0.393 e. The Balaban J connectivity index is 1.92. The molecule has 116 valence electrons. The molecule has 3 N–H and O–H groups in total.